The normalized spacial score (nSPS) is 11.9. The first kappa shape index (κ1) is 10.5. The molecule has 76 valence electrons. The van der Waals surface area contributed by atoms with E-state index in [4.69, 9.17) is 10.6 Å². The fourth-order valence-corrected chi connectivity index (χ4v) is 0.892. The maximum atomic E-state index is 11.1. The third-order valence-electron chi connectivity index (χ3n) is 1.55. The molecular formula is C9H12N2O3. The van der Waals surface area contributed by atoms with E-state index in [1.807, 2.05) is 18.2 Å². The van der Waals surface area contributed by atoms with Crippen molar-refractivity contribution in [2.75, 3.05) is 0 Å². The number of benzene rings is 1. The topological polar surface area (TPSA) is 73.6 Å². The van der Waals surface area contributed by atoms with Crippen molar-refractivity contribution in [2.24, 2.45) is 5.84 Å². The molecule has 0 saturated carbocycles. The summed E-state index contributed by atoms with van der Waals surface area (Å²) >= 11 is 0. The molecule has 0 spiro atoms. The van der Waals surface area contributed by atoms with Crippen LogP contribution in [0.15, 0.2) is 30.3 Å². The van der Waals surface area contributed by atoms with Gasteiger partial charge in [0.05, 0.1) is 0 Å². The molecule has 5 nitrogen and oxygen atoms in total. The first-order chi connectivity index (χ1) is 6.74. The van der Waals surface area contributed by atoms with Crippen LogP contribution in [-0.2, 0) is 9.63 Å². The van der Waals surface area contributed by atoms with Crippen molar-refractivity contribution < 1.29 is 14.4 Å². The summed E-state index contributed by atoms with van der Waals surface area (Å²) in [6.45, 7) is 1.58. The molecule has 14 heavy (non-hydrogen) atoms. The van der Waals surface area contributed by atoms with Crippen molar-refractivity contribution in [1.82, 2.24) is 5.59 Å². The summed E-state index contributed by atoms with van der Waals surface area (Å²) in [6.07, 6.45) is -0.701. The number of ether oxygens (including phenoxy) is 1. The van der Waals surface area contributed by atoms with Crippen LogP contribution in [0.4, 0.5) is 0 Å². The number of nitrogens with two attached hydrogens (primary N) is 1. The summed E-state index contributed by atoms with van der Waals surface area (Å²) in [4.78, 5) is 15.4. The molecule has 1 aromatic rings. The van der Waals surface area contributed by atoms with Gasteiger partial charge in [0.15, 0.2) is 6.10 Å². The van der Waals surface area contributed by atoms with E-state index in [2.05, 4.69) is 4.84 Å². The molecule has 1 aromatic carbocycles. The number of hydrazine groups is 1. The Morgan fingerprint density at radius 1 is 1.43 bits per heavy atom. The van der Waals surface area contributed by atoms with Crippen LogP contribution in [0.2, 0.25) is 0 Å². The summed E-state index contributed by atoms with van der Waals surface area (Å²) in [6, 6.07) is 8.99. The van der Waals surface area contributed by atoms with E-state index < -0.39 is 12.1 Å². The minimum atomic E-state index is -0.701. The molecule has 0 aliphatic rings. The maximum absolute atomic E-state index is 11.1. The van der Waals surface area contributed by atoms with Crippen LogP contribution in [0.3, 0.4) is 0 Å². The zero-order valence-electron chi connectivity index (χ0n) is 7.77. The van der Waals surface area contributed by atoms with Crippen molar-refractivity contribution in [3.63, 3.8) is 0 Å². The fourth-order valence-electron chi connectivity index (χ4n) is 0.892. The maximum Gasteiger partial charge on any atom is 0.366 e. The molecule has 1 rings (SSSR count). The summed E-state index contributed by atoms with van der Waals surface area (Å²) in [7, 11) is 0. The van der Waals surface area contributed by atoms with E-state index in [-0.39, 0.29) is 0 Å². The molecule has 0 aliphatic heterocycles. The summed E-state index contributed by atoms with van der Waals surface area (Å²) in [5.74, 6) is 4.84. The highest BCUT2D eigenvalue weighted by atomic mass is 16.7. The Kier molecular flexibility index (Phi) is 3.90. The Labute approximate surface area is 81.7 Å². The second-order valence-corrected chi connectivity index (χ2v) is 2.61. The first-order valence-corrected chi connectivity index (χ1v) is 4.12. The SMILES string of the molecule is CC(Oc1ccccc1)C(=O)ONN. The molecule has 0 bridgehead atoms. The Morgan fingerprint density at radius 3 is 2.64 bits per heavy atom. The summed E-state index contributed by atoms with van der Waals surface area (Å²) < 4.78 is 5.26. The molecule has 1 unspecified atom stereocenters. The number of carbonyl (C=O) groups is 1. The largest absolute Gasteiger partial charge is 0.479 e. The van der Waals surface area contributed by atoms with Crippen LogP contribution in [-0.4, -0.2) is 12.1 Å². The number of hydrogen-bond donors (Lipinski definition) is 2. The third-order valence-corrected chi connectivity index (χ3v) is 1.55. The summed E-state index contributed by atoms with van der Waals surface area (Å²) in [5.41, 5.74) is 1.80. The second kappa shape index (κ2) is 5.21. The van der Waals surface area contributed by atoms with Crippen molar-refractivity contribution in [3.8, 4) is 5.75 Å². The Bertz CT molecular complexity index is 289. The standard InChI is InChI=1S/C9H12N2O3/c1-7(9(12)14-11-10)13-8-5-3-2-4-6-8/h2-7,11H,10H2,1H3. The highest BCUT2D eigenvalue weighted by Crippen LogP contribution is 2.10. The molecule has 5 heteroatoms. The van der Waals surface area contributed by atoms with Crippen LogP contribution in [0, 0.1) is 0 Å². The Morgan fingerprint density at radius 2 is 2.07 bits per heavy atom. The van der Waals surface area contributed by atoms with E-state index in [0.717, 1.165) is 0 Å². The minimum Gasteiger partial charge on any atom is -0.479 e. The highest BCUT2D eigenvalue weighted by Gasteiger charge is 2.15. The molecule has 0 radical (unpaired) electrons. The molecule has 0 aromatic heterocycles. The quantitative estimate of drug-likeness (QED) is 0.537. The lowest BCUT2D eigenvalue weighted by Gasteiger charge is -2.12. The van der Waals surface area contributed by atoms with Crippen LogP contribution < -0.4 is 16.2 Å². The van der Waals surface area contributed by atoms with Crippen LogP contribution in [0.25, 0.3) is 0 Å². The first-order valence-electron chi connectivity index (χ1n) is 4.12. The van der Waals surface area contributed by atoms with Crippen molar-refractivity contribution in [1.29, 1.82) is 0 Å². The van der Waals surface area contributed by atoms with Crippen molar-refractivity contribution >= 4 is 5.97 Å². The molecule has 0 fully saturated rings. The van der Waals surface area contributed by atoms with E-state index in [9.17, 15) is 4.79 Å². The Balaban J connectivity index is 2.49. The zero-order chi connectivity index (χ0) is 10.4. The smallest absolute Gasteiger partial charge is 0.366 e. The minimum absolute atomic E-state index is 0.573. The summed E-state index contributed by atoms with van der Waals surface area (Å²) in [5, 5.41) is 0. The number of para-hydroxylation sites is 1. The van der Waals surface area contributed by atoms with Crippen molar-refractivity contribution in [3.05, 3.63) is 30.3 Å². The highest BCUT2D eigenvalue weighted by molar-refractivity contribution is 5.74. The van der Waals surface area contributed by atoms with E-state index >= 15 is 0 Å². The van der Waals surface area contributed by atoms with E-state index in [0.29, 0.717) is 5.75 Å². The van der Waals surface area contributed by atoms with Gasteiger partial charge in [0.25, 0.3) is 0 Å². The van der Waals surface area contributed by atoms with E-state index in [1.54, 1.807) is 24.6 Å². The fraction of sp³-hybridized carbons (Fsp3) is 0.222. The molecule has 0 saturated heterocycles. The van der Waals surface area contributed by atoms with Gasteiger partial charge in [-0.25, -0.2) is 10.6 Å². The van der Waals surface area contributed by atoms with Crippen LogP contribution in [0.5, 0.6) is 5.75 Å². The van der Waals surface area contributed by atoms with Crippen LogP contribution >= 0.6 is 0 Å². The van der Waals surface area contributed by atoms with Gasteiger partial charge in [0.2, 0.25) is 0 Å². The zero-order valence-corrected chi connectivity index (χ0v) is 7.77. The molecule has 0 heterocycles. The van der Waals surface area contributed by atoms with Gasteiger partial charge in [-0.2, -0.15) is 0 Å². The Hall–Kier alpha value is -1.59. The second-order valence-electron chi connectivity index (χ2n) is 2.61. The molecule has 3 N–H and O–H groups in total. The number of rotatable bonds is 4. The average molecular weight is 196 g/mol. The lowest BCUT2D eigenvalue weighted by molar-refractivity contribution is -0.158. The number of nitrogens with one attached hydrogen (secondary N) is 1. The van der Waals surface area contributed by atoms with Crippen LogP contribution in [0.1, 0.15) is 6.92 Å². The molecule has 0 aliphatic carbocycles. The van der Waals surface area contributed by atoms with Crippen molar-refractivity contribution in [2.45, 2.75) is 13.0 Å². The van der Waals surface area contributed by atoms with Gasteiger partial charge in [-0.15, -0.1) is 0 Å². The van der Waals surface area contributed by atoms with E-state index in [1.165, 1.54) is 0 Å². The average Bonchev–Trinajstić information content (AvgIpc) is 2.19. The molecule has 1 atom stereocenters. The lowest BCUT2D eigenvalue weighted by atomic mass is 10.3. The number of hydrogen-bond acceptors (Lipinski definition) is 5. The predicted octanol–water partition coefficient (Wildman–Crippen LogP) is 0.375. The van der Waals surface area contributed by atoms with Gasteiger partial charge in [0.1, 0.15) is 5.75 Å². The lowest BCUT2D eigenvalue weighted by Crippen LogP contribution is -2.34. The van der Waals surface area contributed by atoms with Gasteiger partial charge in [0, 0.05) is 0 Å². The third kappa shape index (κ3) is 3.04. The molecular weight excluding hydrogens is 184 g/mol. The molecule has 0 amide bonds. The van der Waals surface area contributed by atoms with Gasteiger partial charge in [-0.05, 0) is 19.1 Å². The van der Waals surface area contributed by atoms with Gasteiger partial charge < -0.3 is 9.57 Å². The number of carbonyl (C=O) groups excluding carboxylic acids is 1. The van der Waals surface area contributed by atoms with Gasteiger partial charge in [-0.1, -0.05) is 23.8 Å². The monoisotopic (exact) mass is 196 g/mol. The van der Waals surface area contributed by atoms with Gasteiger partial charge in [-0.3, -0.25) is 0 Å². The van der Waals surface area contributed by atoms with Gasteiger partial charge >= 0.3 is 5.97 Å². The predicted molar refractivity (Wildman–Crippen MR) is 49.9 cm³/mol.